The van der Waals surface area contributed by atoms with Gasteiger partial charge >= 0.3 is 0 Å². The first-order valence-electron chi connectivity index (χ1n) is 11.4. The molecule has 0 bridgehead atoms. The van der Waals surface area contributed by atoms with Crippen molar-refractivity contribution in [3.05, 3.63) is 54.1 Å². The minimum atomic E-state index is 0. The Labute approximate surface area is 215 Å². The lowest BCUT2D eigenvalue weighted by atomic mass is 10.2. The van der Waals surface area contributed by atoms with Gasteiger partial charge in [-0.25, -0.2) is 4.99 Å². The van der Waals surface area contributed by atoms with Crippen molar-refractivity contribution in [1.29, 1.82) is 0 Å². The number of ether oxygens (including phenoxy) is 2. The zero-order valence-electron chi connectivity index (χ0n) is 20.2. The van der Waals surface area contributed by atoms with Crippen LogP contribution in [0, 0.1) is 0 Å². The summed E-state index contributed by atoms with van der Waals surface area (Å²) >= 11 is 0. The van der Waals surface area contributed by atoms with E-state index in [1.54, 1.807) is 7.11 Å². The van der Waals surface area contributed by atoms with Crippen LogP contribution in [0.2, 0.25) is 0 Å². The van der Waals surface area contributed by atoms with E-state index in [0.717, 1.165) is 61.3 Å². The summed E-state index contributed by atoms with van der Waals surface area (Å²) in [6, 6.07) is 16.7. The van der Waals surface area contributed by atoms with E-state index in [2.05, 4.69) is 51.6 Å². The molecule has 0 radical (unpaired) electrons. The topological polar surface area (TPSA) is 61.4 Å². The third-order valence-corrected chi connectivity index (χ3v) is 5.42. The first-order chi connectivity index (χ1) is 15.6. The van der Waals surface area contributed by atoms with Crippen LogP contribution in [0.5, 0.6) is 11.5 Å². The molecule has 7 nitrogen and oxygen atoms in total. The van der Waals surface area contributed by atoms with E-state index in [0.29, 0.717) is 19.2 Å². The Morgan fingerprint density at radius 2 is 2.00 bits per heavy atom. The number of halogens is 1. The maximum absolute atomic E-state index is 5.85. The van der Waals surface area contributed by atoms with Crippen molar-refractivity contribution in [3.8, 4) is 11.5 Å². The van der Waals surface area contributed by atoms with E-state index in [1.807, 2.05) is 38.4 Å². The van der Waals surface area contributed by atoms with E-state index in [1.165, 1.54) is 0 Å². The largest absolute Gasteiger partial charge is 0.495 e. The highest BCUT2D eigenvalue weighted by Gasteiger charge is 2.25. The molecule has 0 amide bonds. The van der Waals surface area contributed by atoms with Gasteiger partial charge in [-0.2, -0.15) is 0 Å². The van der Waals surface area contributed by atoms with Crippen molar-refractivity contribution in [1.82, 2.24) is 15.5 Å². The Hall–Kier alpha value is -2.20. The molecule has 2 aromatic carbocycles. The van der Waals surface area contributed by atoms with Gasteiger partial charge in [0.25, 0.3) is 0 Å². The van der Waals surface area contributed by atoms with Crippen molar-refractivity contribution >= 4 is 35.6 Å². The molecule has 1 saturated heterocycles. The minimum Gasteiger partial charge on any atom is -0.495 e. The lowest BCUT2D eigenvalue weighted by Crippen LogP contribution is -2.44. The summed E-state index contributed by atoms with van der Waals surface area (Å²) in [6.07, 6.45) is 1.05. The van der Waals surface area contributed by atoms with Gasteiger partial charge in [-0.05, 0) is 57.3 Å². The number of rotatable bonds is 10. The highest BCUT2D eigenvalue weighted by atomic mass is 127. The highest BCUT2D eigenvalue weighted by molar-refractivity contribution is 14.0. The smallest absolute Gasteiger partial charge is 0.191 e. The lowest BCUT2D eigenvalue weighted by Gasteiger charge is -2.22. The van der Waals surface area contributed by atoms with Crippen LogP contribution < -0.4 is 25.0 Å². The summed E-state index contributed by atoms with van der Waals surface area (Å²) in [5, 5.41) is 6.98. The Bertz CT molecular complexity index is 877. The van der Waals surface area contributed by atoms with Crippen LogP contribution >= 0.6 is 24.0 Å². The van der Waals surface area contributed by atoms with Crippen molar-refractivity contribution in [2.75, 3.05) is 58.9 Å². The molecule has 1 atom stereocenters. The van der Waals surface area contributed by atoms with E-state index < -0.39 is 0 Å². The number of methoxy groups -OCH3 is 1. The molecule has 182 valence electrons. The average Bonchev–Trinajstić information content (AvgIpc) is 3.26. The quantitative estimate of drug-likeness (QED) is 0.260. The van der Waals surface area contributed by atoms with E-state index in [4.69, 9.17) is 14.5 Å². The molecule has 1 fully saturated rings. The van der Waals surface area contributed by atoms with Gasteiger partial charge in [0.1, 0.15) is 18.1 Å². The lowest BCUT2D eigenvalue weighted by molar-refractivity contribution is 0.261. The van der Waals surface area contributed by atoms with Gasteiger partial charge in [-0.1, -0.05) is 24.3 Å². The highest BCUT2D eigenvalue weighted by Crippen LogP contribution is 2.30. The fraction of sp³-hybridized carbons (Fsp3) is 0.480. The predicted molar refractivity (Wildman–Crippen MR) is 147 cm³/mol. The number of anilines is 1. The third-order valence-electron chi connectivity index (χ3n) is 5.42. The van der Waals surface area contributed by atoms with E-state index in [-0.39, 0.29) is 24.0 Å². The molecule has 3 rings (SSSR count). The molecule has 1 unspecified atom stereocenters. The Kier molecular flexibility index (Phi) is 11.6. The van der Waals surface area contributed by atoms with Crippen LogP contribution in [-0.4, -0.2) is 70.9 Å². The summed E-state index contributed by atoms with van der Waals surface area (Å²) in [5.74, 6) is 2.65. The van der Waals surface area contributed by atoms with Gasteiger partial charge < -0.3 is 29.9 Å². The predicted octanol–water partition coefficient (Wildman–Crippen LogP) is 3.59. The fourth-order valence-corrected chi connectivity index (χ4v) is 3.75. The summed E-state index contributed by atoms with van der Waals surface area (Å²) in [7, 11) is 5.82. The van der Waals surface area contributed by atoms with Crippen molar-refractivity contribution < 1.29 is 9.47 Å². The molecule has 1 aliphatic heterocycles. The van der Waals surface area contributed by atoms with Gasteiger partial charge in [0.15, 0.2) is 5.96 Å². The number of hydrogen-bond acceptors (Lipinski definition) is 5. The Morgan fingerprint density at radius 1 is 1.18 bits per heavy atom. The van der Waals surface area contributed by atoms with Crippen molar-refractivity contribution in [2.45, 2.75) is 25.9 Å². The SMILES string of the molecule is CCNC(=NCc1cccc(OCCN(C)C)c1)NC1CCN(c2ccccc2OC)C1.I. The average molecular weight is 568 g/mol. The van der Waals surface area contributed by atoms with Crippen LogP contribution in [0.15, 0.2) is 53.5 Å². The number of nitrogens with zero attached hydrogens (tertiary/aromatic N) is 3. The standard InChI is InChI=1S/C25H37N5O2.HI/c1-5-26-25(27-18-20-9-8-10-22(17-20)32-16-15-29(2)3)28-21-13-14-30(19-21)23-11-6-7-12-24(23)31-4;/h6-12,17,21H,5,13-16,18-19H2,1-4H3,(H2,26,27,28);1H. The number of guanidine groups is 1. The van der Waals surface area contributed by atoms with Gasteiger partial charge in [-0.15, -0.1) is 24.0 Å². The first-order valence-corrected chi connectivity index (χ1v) is 11.4. The molecule has 33 heavy (non-hydrogen) atoms. The number of likely N-dealkylation sites (N-methyl/N-ethyl adjacent to an activating group) is 1. The number of hydrogen-bond donors (Lipinski definition) is 2. The van der Waals surface area contributed by atoms with Crippen LogP contribution in [0.1, 0.15) is 18.9 Å². The monoisotopic (exact) mass is 567 g/mol. The minimum absolute atomic E-state index is 0. The zero-order valence-corrected chi connectivity index (χ0v) is 22.5. The first kappa shape index (κ1) is 27.0. The molecule has 0 aromatic heterocycles. The van der Waals surface area contributed by atoms with Crippen LogP contribution in [0.3, 0.4) is 0 Å². The van der Waals surface area contributed by atoms with Crippen LogP contribution in [0.25, 0.3) is 0 Å². The number of nitrogens with one attached hydrogen (secondary N) is 2. The van der Waals surface area contributed by atoms with Gasteiger partial charge in [-0.3, -0.25) is 0 Å². The summed E-state index contributed by atoms with van der Waals surface area (Å²) in [4.78, 5) is 9.30. The molecule has 8 heteroatoms. The van der Waals surface area contributed by atoms with Crippen LogP contribution in [-0.2, 0) is 6.54 Å². The van der Waals surface area contributed by atoms with Gasteiger partial charge in [0.2, 0.25) is 0 Å². The number of benzene rings is 2. The molecule has 0 saturated carbocycles. The molecule has 1 heterocycles. The molecule has 2 aromatic rings. The van der Waals surface area contributed by atoms with Gasteiger partial charge in [0.05, 0.1) is 19.3 Å². The van der Waals surface area contributed by atoms with Crippen LogP contribution in [0.4, 0.5) is 5.69 Å². The third kappa shape index (κ3) is 8.58. The van der Waals surface area contributed by atoms with Crippen molar-refractivity contribution in [3.63, 3.8) is 0 Å². The summed E-state index contributed by atoms with van der Waals surface area (Å²) in [6.45, 7) is 6.99. The molecule has 1 aliphatic rings. The normalized spacial score (nSPS) is 15.8. The van der Waals surface area contributed by atoms with Crippen molar-refractivity contribution in [2.24, 2.45) is 4.99 Å². The summed E-state index contributed by atoms with van der Waals surface area (Å²) < 4.78 is 11.4. The van der Waals surface area contributed by atoms with E-state index in [9.17, 15) is 0 Å². The second-order valence-corrected chi connectivity index (χ2v) is 8.24. The molecule has 0 spiro atoms. The summed E-state index contributed by atoms with van der Waals surface area (Å²) in [5.41, 5.74) is 2.28. The van der Waals surface area contributed by atoms with Gasteiger partial charge in [0, 0.05) is 32.2 Å². The second-order valence-electron chi connectivity index (χ2n) is 8.24. The second kappa shape index (κ2) is 14.1. The number of aliphatic imine (C=N–C) groups is 1. The maximum atomic E-state index is 5.85. The maximum Gasteiger partial charge on any atom is 0.191 e. The molecule has 2 N–H and O–H groups in total. The zero-order chi connectivity index (χ0) is 22.8. The van der Waals surface area contributed by atoms with E-state index >= 15 is 0 Å². The number of para-hydroxylation sites is 2. The fourth-order valence-electron chi connectivity index (χ4n) is 3.75. The molecular weight excluding hydrogens is 529 g/mol. The molecule has 0 aliphatic carbocycles. The Morgan fingerprint density at radius 3 is 2.76 bits per heavy atom. The Balaban J connectivity index is 0.00000385. The molecular formula is C25H38IN5O2.